The van der Waals surface area contributed by atoms with Crippen molar-refractivity contribution in [3.8, 4) is 0 Å². The number of likely N-dealkylation sites (N-methyl/N-ethyl adjacent to an activating group) is 1. The molecule has 19 heavy (non-hydrogen) atoms. The van der Waals surface area contributed by atoms with Crippen LogP contribution in [0.2, 0.25) is 0 Å². The van der Waals surface area contributed by atoms with Gasteiger partial charge in [-0.25, -0.2) is 0 Å². The Morgan fingerprint density at radius 1 is 1.11 bits per heavy atom. The Morgan fingerprint density at radius 2 is 1.68 bits per heavy atom. The minimum absolute atomic E-state index is 0.104. The third kappa shape index (κ3) is 4.32. The maximum atomic E-state index is 6.01. The minimum atomic E-state index is 0.104. The van der Waals surface area contributed by atoms with Crippen molar-refractivity contribution in [2.45, 2.75) is 53.2 Å². The van der Waals surface area contributed by atoms with Crippen LogP contribution >= 0.6 is 0 Å². The lowest BCUT2D eigenvalue weighted by Gasteiger charge is -2.37. The monoisotopic (exact) mass is 263 g/mol. The molecular weight excluding hydrogens is 234 g/mol. The summed E-state index contributed by atoms with van der Waals surface area (Å²) in [4.78, 5) is 0. The third-order valence-electron chi connectivity index (χ3n) is 3.56. The molecule has 1 aromatic carbocycles. The van der Waals surface area contributed by atoms with Crippen molar-refractivity contribution in [1.29, 1.82) is 0 Å². The highest BCUT2D eigenvalue weighted by Crippen LogP contribution is 2.32. The lowest BCUT2D eigenvalue weighted by Crippen LogP contribution is -2.41. The largest absolute Gasteiger partial charge is 0.376 e. The van der Waals surface area contributed by atoms with E-state index in [0.717, 1.165) is 13.0 Å². The van der Waals surface area contributed by atoms with E-state index in [1.807, 2.05) is 7.05 Å². The zero-order valence-electron chi connectivity index (χ0n) is 13.3. The van der Waals surface area contributed by atoms with E-state index in [-0.39, 0.29) is 17.6 Å². The SMILES string of the molecule is CCOC(C(NC)c1ccc(CC)cc1)C(C)(C)C. The van der Waals surface area contributed by atoms with E-state index < -0.39 is 0 Å². The van der Waals surface area contributed by atoms with Gasteiger partial charge in [0.1, 0.15) is 0 Å². The molecule has 2 atom stereocenters. The summed E-state index contributed by atoms with van der Waals surface area (Å²) in [5.74, 6) is 0. The van der Waals surface area contributed by atoms with Crippen molar-refractivity contribution in [2.24, 2.45) is 5.41 Å². The van der Waals surface area contributed by atoms with Crippen molar-refractivity contribution in [2.75, 3.05) is 13.7 Å². The van der Waals surface area contributed by atoms with E-state index in [0.29, 0.717) is 0 Å². The number of rotatable bonds is 6. The van der Waals surface area contributed by atoms with Crippen LogP contribution in [-0.2, 0) is 11.2 Å². The molecule has 2 unspecified atom stereocenters. The Balaban J connectivity index is 3.01. The van der Waals surface area contributed by atoms with Gasteiger partial charge in [-0.2, -0.15) is 0 Å². The molecule has 0 heterocycles. The molecule has 1 N–H and O–H groups in total. The van der Waals surface area contributed by atoms with E-state index in [1.54, 1.807) is 0 Å². The average molecular weight is 263 g/mol. The number of aryl methyl sites for hydroxylation is 1. The predicted molar refractivity (Wildman–Crippen MR) is 82.5 cm³/mol. The van der Waals surface area contributed by atoms with Gasteiger partial charge in [-0.05, 0) is 36.9 Å². The van der Waals surface area contributed by atoms with Crippen LogP contribution in [-0.4, -0.2) is 19.8 Å². The highest BCUT2D eigenvalue weighted by Gasteiger charge is 2.32. The fourth-order valence-electron chi connectivity index (χ4n) is 2.48. The fourth-order valence-corrected chi connectivity index (χ4v) is 2.48. The van der Waals surface area contributed by atoms with Crippen LogP contribution in [0.1, 0.15) is 51.8 Å². The maximum Gasteiger partial charge on any atom is 0.0817 e. The molecule has 0 fully saturated rings. The summed E-state index contributed by atoms with van der Waals surface area (Å²) in [7, 11) is 2.01. The molecule has 0 bridgehead atoms. The molecule has 0 spiro atoms. The number of ether oxygens (including phenoxy) is 1. The van der Waals surface area contributed by atoms with Gasteiger partial charge in [-0.1, -0.05) is 52.0 Å². The van der Waals surface area contributed by atoms with E-state index in [2.05, 4.69) is 64.2 Å². The molecule has 0 aliphatic carbocycles. The number of nitrogens with one attached hydrogen (secondary N) is 1. The Kier molecular flexibility index (Phi) is 6.02. The van der Waals surface area contributed by atoms with E-state index in [9.17, 15) is 0 Å². The topological polar surface area (TPSA) is 21.3 Å². The van der Waals surface area contributed by atoms with Gasteiger partial charge in [0.05, 0.1) is 12.1 Å². The summed E-state index contributed by atoms with van der Waals surface area (Å²) < 4.78 is 6.01. The summed E-state index contributed by atoms with van der Waals surface area (Å²) in [5.41, 5.74) is 2.78. The standard InChI is InChI=1S/C17H29NO/c1-7-13-9-11-14(12-10-13)15(18-6)16(19-8-2)17(3,4)5/h9-12,15-16,18H,7-8H2,1-6H3. The first-order valence-electron chi connectivity index (χ1n) is 7.31. The van der Waals surface area contributed by atoms with E-state index in [4.69, 9.17) is 4.74 Å². The van der Waals surface area contributed by atoms with Crippen LogP contribution in [0, 0.1) is 5.41 Å². The lowest BCUT2D eigenvalue weighted by molar-refractivity contribution is -0.0350. The van der Waals surface area contributed by atoms with Gasteiger partial charge >= 0.3 is 0 Å². The zero-order valence-corrected chi connectivity index (χ0v) is 13.3. The molecule has 0 saturated carbocycles. The number of hydrogen-bond acceptors (Lipinski definition) is 2. The van der Waals surface area contributed by atoms with E-state index in [1.165, 1.54) is 11.1 Å². The molecule has 108 valence electrons. The first-order valence-corrected chi connectivity index (χ1v) is 7.31. The Bertz CT molecular complexity index is 364. The van der Waals surface area contributed by atoms with Crippen LogP contribution in [0.25, 0.3) is 0 Å². The summed E-state index contributed by atoms with van der Waals surface area (Å²) >= 11 is 0. The van der Waals surface area contributed by atoms with Gasteiger partial charge in [0, 0.05) is 6.61 Å². The van der Waals surface area contributed by atoms with Crippen molar-refractivity contribution in [1.82, 2.24) is 5.32 Å². The van der Waals surface area contributed by atoms with Gasteiger partial charge in [0.2, 0.25) is 0 Å². The second kappa shape index (κ2) is 7.06. The average Bonchev–Trinajstić information content (AvgIpc) is 2.38. The Morgan fingerprint density at radius 3 is 2.05 bits per heavy atom. The van der Waals surface area contributed by atoms with Crippen LogP contribution < -0.4 is 5.32 Å². The molecule has 0 aliphatic heterocycles. The maximum absolute atomic E-state index is 6.01. The van der Waals surface area contributed by atoms with Gasteiger partial charge < -0.3 is 10.1 Å². The zero-order chi connectivity index (χ0) is 14.5. The second-order valence-corrected chi connectivity index (χ2v) is 6.10. The van der Waals surface area contributed by atoms with Crippen LogP contribution in [0.15, 0.2) is 24.3 Å². The summed E-state index contributed by atoms with van der Waals surface area (Å²) in [6, 6.07) is 9.09. The highest BCUT2D eigenvalue weighted by molar-refractivity contribution is 5.26. The summed E-state index contributed by atoms with van der Waals surface area (Å²) in [6.07, 6.45) is 1.24. The molecule has 1 aromatic rings. The van der Waals surface area contributed by atoms with Crippen molar-refractivity contribution in [3.63, 3.8) is 0 Å². The molecule has 0 radical (unpaired) electrons. The van der Waals surface area contributed by atoms with Gasteiger partial charge in [0.15, 0.2) is 0 Å². The number of hydrogen-bond donors (Lipinski definition) is 1. The molecule has 0 aliphatic rings. The number of benzene rings is 1. The molecule has 0 aromatic heterocycles. The van der Waals surface area contributed by atoms with Crippen molar-refractivity contribution in [3.05, 3.63) is 35.4 Å². The van der Waals surface area contributed by atoms with Gasteiger partial charge in [-0.3, -0.25) is 0 Å². The van der Waals surface area contributed by atoms with Crippen LogP contribution in [0.5, 0.6) is 0 Å². The normalized spacial score (nSPS) is 15.3. The van der Waals surface area contributed by atoms with Crippen LogP contribution in [0.4, 0.5) is 0 Å². The van der Waals surface area contributed by atoms with E-state index >= 15 is 0 Å². The molecule has 0 amide bonds. The predicted octanol–water partition coefficient (Wildman–Crippen LogP) is 3.96. The Hall–Kier alpha value is -0.860. The fraction of sp³-hybridized carbons (Fsp3) is 0.647. The lowest BCUT2D eigenvalue weighted by atomic mass is 9.82. The second-order valence-electron chi connectivity index (χ2n) is 6.10. The quantitative estimate of drug-likeness (QED) is 0.839. The Labute approximate surface area is 118 Å². The summed E-state index contributed by atoms with van der Waals surface area (Å²) in [6.45, 7) is 11.7. The first-order chi connectivity index (χ1) is 8.93. The highest BCUT2D eigenvalue weighted by atomic mass is 16.5. The van der Waals surface area contributed by atoms with Gasteiger partial charge in [-0.15, -0.1) is 0 Å². The van der Waals surface area contributed by atoms with Gasteiger partial charge in [0.25, 0.3) is 0 Å². The molecule has 1 rings (SSSR count). The smallest absolute Gasteiger partial charge is 0.0817 e. The molecule has 0 saturated heterocycles. The van der Waals surface area contributed by atoms with Crippen molar-refractivity contribution >= 4 is 0 Å². The minimum Gasteiger partial charge on any atom is -0.376 e. The molecular formula is C17H29NO. The van der Waals surface area contributed by atoms with Crippen LogP contribution in [0.3, 0.4) is 0 Å². The molecule has 2 heteroatoms. The first kappa shape index (κ1) is 16.2. The third-order valence-corrected chi connectivity index (χ3v) is 3.56. The molecule has 2 nitrogen and oxygen atoms in total. The van der Waals surface area contributed by atoms with Crippen molar-refractivity contribution < 1.29 is 4.74 Å². The summed E-state index contributed by atoms with van der Waals surface area (Å²) in [5, 5.41) is 3.42.